The summed E-state index contributed by atoms with van der Waals surface area (Å²) in [7, 11) is 0. The van der Waals surface area contributed by atoms with Gasteiger partial charge in [0.2, 0.25) is 5.91 Å². The van der Waals surface area contributed by atoms with Crippen LogP contribution >= 0.6 is 11.6 Å². The van der Waals surface area contributed by atoms with Gasteiger partial charge >= 0.3 is 6.61 Å². The maximum absolute atomic E-state index is 15.8. The van der Waals surface area contributed by atoms with E-state index in [0.717, 1.165) is 18.2 Å². The van der Waals surface area contributed by atoms with E-state index in [1.165, 1.54) is 0 Å². The molecule has 1 fully saturated rings. The molecule has 3 aromatic carbocycles. The van der Waals surface area contributed by atoms with Crippen molar-refractivity contribution in [3.05, 3.63) is 81.9 Å². The van der Waals surface area contributed by atoms with E-state index in [9.17, 15) is 23.1 Å². The minimum absolute atomic E-state index is 0.0167. The molecule has 0 bridgehead atoms. The molecular formula is C30H28ClF5N2O4. The zero-order chi connectivity index (χ0) is 30.2. The molecule has 6 nitrogen and oxygen atoms in total. The molecule has 5 rings (SSSR count). The number of ether oxygens (including phenoxy) is 2. The molecule has 2 aliphatic rings. The lowest BCUT2D eigenvalue weighted by Gasteiger charge is -2.37. The number of hydrogen-bond donors (Lipinski definition) is 3. The second-order valence-corrected chi connectivity index (χ2v) is 11.1. The standard InChI is InChI=1S/C30H28ClF5N2O4/c31-25-20(33)12-22-19(23(25)24-18(27(37)39)6-7-21(26(24)34)41-28(35)36)13-30(42-22,16-4-2-1-3-5-16)15-38-17-8-10-29(40,14-32)11-9-17/h1-7,12,17,28,38,40H,8-11,13-15H2,(H2,37,39). The van der Waals surface area contributed by atoms with E-state index in [-0.39, 0.29) is 48.7 Å². The summed E-state index contributed by atoms with van der Waals surface area (Å²) in [6.07, 6.45) is 1.59. The summed E-state index contributed by atoms with van der Waals surface area (Å²) >= 11 is 6.39. The van der Waals surface area contributed by atoms with Gasteiger partial charge in [-0.25, -0.2) is 13.2 Å². The Balaban J connectivity index is 1.59. The zero-order valence-electron chi connectivity index (χ0n) is 22.2. The molecule has 1 unspecified atom stereocenters. The van der Waals surface area contributed by atoms with Crippen LogP contribution in [0.3, 0.4) is 0 Å². The van der Waals surface area contributed by atoms with Crippen LogP contribution < -0.4 is 20.5 Å². The fourth-order valence-corrected chi connectivity index (χ4v) is 6.06. The van der Waals surface area contributed by atoms with Crippen LogP contribution in [0.1, 0.15) is 47.2 Å². The molecule has 0 spiro atoms. The summed E-state index contributed by atoms with van der Waals surface area (Å²) in [5.74, 6) is -4.31. The number of hydrogen-bond acceptors (Lipinski definition) is 5. The second-order valence-electron chi connectivity index (χ2n) is 10.7. The van der Waals surface area contributed by atoms with Crippen molar-refractivity contribution in [2.24, 2.45) is 5.73 Å². The van der Waals surface area contributed by atoms with E-state index in [1.807, 2.05) is 0 Å². The summed E-state index contributed by atoms with van der Waals surface area (Å²) in [5, 5.41) is 13.1. The fourth-order valence-electron chi connectivity index (χ4n) is 5.80. The number of rotatable bonds is 9. The Labute approximate surface area is 243 Å². The molecule has 1 amide bonds. The lowest BCUT2D eigenvalue weighted by atomic mass is 9.82. The molecule has 0 radical (unpaired) electrons. The predicted octanol–water partition coefficient (Wildman–Crippen LogP) is 6.05. The molecule has 1 saturated carbocycles. The van der Waals surface area contributed by atoms with E-state index in [2.05, 4.69) is 10.1 Å². The van der Waals surface area contributed by atoms with Crippen molar-refractivity contribution < 1.29 is 41.3 Å². The molecule has 1 atom stereocenters. The first-order chi connectivity index (χ1) is 20.0. The van der Waals surface area contributed by atoms with Gasteiger partial charge in [0.05, 0.1) is 16.2 Å². The Morgan fingerprint density at radius 2 is 1.83 bits per heavy atom. The van der Waals surface area contributed by atoms with E-state index < -0.39 is 63.9 Å². The van der Waals surface area contributed by atoms with Crippen LogP contribution in [0.4, 0.5) is 22.0 Å². The van der Waals surface area contributed by atoms with Crippen LogP contribution in [0, 0.1) is 11.6 Å². The quantitative estimate of drug-likeness (QED) is 0.257. The first kappa shape index (κ1) is 30.1. The number of halogens is 6. The van der Waals surface area contributed by atoms with Gasteiger partial charge in [0.15, 0.2) is 17.2 Å². The third kappa shape index (κ3) is 5.65. The summed E-state index contributed by atoms with van der Waals surface area (Å²) < 4.78 is 81.0. The van der Waals surface area contributed by atoms with Crippen molar-refractivity contribution in [3.63, 3.8) is 0 Å². The first-order valence-corrected chi connectivity index (χ1v) is 13.7. The number of nitrogens with two attached hydrogens (primary N) is 1. The highest BCUT2D eigenvalue weighted by atomic mass is 35.5. The SMILES string of the molecule is NC(=O)c1ccc(OC(F)F)c(F)c1-c1c(Cl)c(F)cc2c1CC(CNC1CCC(O)(CF)CC1)(c1ccccc1)O2. The van der Waals surface area contributed by atoms with Crippen LogP contribution in [0.25, 0.3) is 11.1 Å². The largest absolute Gasteiger partial charge is 0.480 e. The van der Waals surface area contributed by atoms with Crippen LogP contribution in [-0.2, 0) is 12.0 Å². The number of fused-ring (bicyclic) bond motifs is 1. The second kappa shape index (κ2) is 11.7. The fraction of sp³-hybridized carbons (Fsp3) is 0.367. The zero-order valence-corrected chi connectivity index (χ0v) is 23.0. The highest BCUT2D eigenvalue weighted by molar-refractivity contribution is 6.34. The topological polar surface area (TPSA) is 93.8 Å². The van der Waals surface area contributed by atoms with Crippen molar-refractivity contribution in [3.8, 4) is 22.6 Å². The number of carbonyl (C=O) groups excluding carboxylic acids is 1. The molecule has 0 saturated heterocycles. The number of nitrogens with one attached hydrogen (secondary N) is 1. The number of primary amides is 1. The van der Waals surface area contributed by atoms with Gasteiger partial charge < -0.3 is 25.6 Å². The van der Waals surface area contributed by atoms with Gasteiger partial charge in [0.25, 0.3) is 0 Å². The molecule has 224 valence electrons. The van der Waals surface area contributed by atoms with Crippen LogP contribution in [0.2, 0.25) is 5.02 Å². The maximum Gasteiger partial charge on any atom is 0.387 e. The molecule has 0 aromatic heterocycles. The van der Waals surface area contributed by atoms with E-state index >= 15 is 8.78 Å². The normalized spacial score (nSPS) is 23.5. The van der Waals surface area contributed by atoms with Gasteiger partial charge in [-0.3, -0.25) is 4.79 Å². The number of alkyl halides is 3. The van der Waals surface area contributed by atoms with Crippen molar-refractivity contribution in [1.29, 1.82) is 0 Å². The van der Waals surface area contributed by atoms with Gasteiger partial charge in [-0.05, 0) is 43.4 Å². The lowest BCUT2D eigenvalue weighted by Crippen LogP contribution is -2.48. The maximum atomic E-state index is 15.8. The Kier molecular flexibility index (Phi) is 8.37. The van der Waals surface area contributed by atoms with Gasteiger partial charge in [-0.2, -0.15) is 8.78 Å². The van der Waals surface area contributed by atoms with Gasteiger partial charge in [0, 0.05) is 41.8 Å². The molecule has 42 heavy (non-hydrogen) atoms. The molecule has 1 aliphatic heterocycles. The number of amides is 1. The molecular weight excluding hydrogens is 583 g/mol. The Morgan fingerprint density at radius 3 is 2.45 bits per heavy atom. The van der Waals surface area contributed by atoms with Gasteiger partial charge in [0.1, 0.15) is 18.2 Å². The van der Waals surface area contributed by atoms with Gasteiger partial charge in [-0.1, -0.05) is 41.9 Å². The Hall–Kier alpha value is -3.41. The van der Waals surface area contributed by atoms with E-state index in [1.54, 1.807) is 30.3 Å². The minimum Gasteiger partial charge on any atom is -0.480 e. The average molecular weight is 611 g/mol. The van der Waals surface area contributed by atoms with E-state index in [0.29, 0.717) is 18.4 Å². The van der Waals surface area contributed by atoms with Crippen molar-refractivity contribution in [1.82, 2.24) is 5.32 Å². The number of benzene rings is 3. The summed E-state index contributed by atoms with van der Waals surface area (Å²) in [5.41, 5.74) is 2.65. The summed E-state index contributed by atoms with van der Waals surface area (Å²) in [6, 6.07) is 11.8. The smallest absolute Gasteiger partial charge is 0.387 e. The number of aliphatic hydroxyl groups is 1. The monoisotopic (exact) mass is 610 g/mol. The minimum atomic E-state index is -3.37. The highest BCUT2D eigenvalue weighted by Crippen LogP contribution is 2.50. The third-order valence-corrected chi connectivity index (χ3v) is 8.40. The lowest BCUT2D eigenvalue weighted by molar-refractivity contribution is -0.0521. The molecule has 3 aromatic rings. The average Bonchev–Trinajstić information content (AvgIpc) is 3.34. The van der Waals surface area contributed by atoms with Crippen molar-refractivity contribution in [2.45, 2.75) is 56.0 Å². The Bertz CT molecular complexity index is 1480. The third-order valence-electron chi connectivity index (χ3n) is 8.03. The predicted molar refractivity (Wildman–Crippen MR) is 146 cm³/mol. The molecule has 12 heteroatoms. The Morgan fingerprint density at radius 1 is 1.14 bits per heavy atom. The van der Waals surface area contributed by atoms with E-state index in [4.69, 9.17) is 22.1 Å². The first-order valence-electron chi connectivity index (χ1n) is 13.3. The summed E-state index contributed by atoms with van der Waals surface area (Å²) in [6.45, 7) is -4.02. The van der Waals surface area contributed by atoms with Crippen LogP contribution in [0.15, 0.2) is 48.5 Å². The molecule has 1 aliphatic carbocycles. The summed E-state index contributed by atoms with van der Waals surface area (Å²) in [4.78, 5) is 12.3. The van der Waals surface area contributed by atoms with Crippen LogP contribution in [-0.4, -0.2) is 42.5 Å². The van der Waals surface area contributed by atoms with Crippen LogP contribution in [0.5, 0.6) is 11.5 Å². The highest BCUT2D eigenvalue weighted by Gasteiger charge is 2.45. The number of carbonyl (C=O) groups is 1. The molecule has 1 heterocycles. The molecule has 4 N–H and O–H groups in total. The van der Waals surface area contributed by atoms with Crippen molar-refractivity contribution >= 4 is 17.5 Å². The van der Waals surface area contributed by atoms with Crippen molar-refractivity contribution in [2.75, 3.05) is 13.2 Å². The van der Waals surface area contributed by atoms with Gasteiger partial charge in [-0.15, -0.1) is 0 Å².